The summed E-state index contributed by atoms with van der Waals surface area (Å²) in [7, 11) is 2.08. The molecule has 1 N–H and O–H groups in total. The molecule has 0 saturated heterocycles. The standard InChI is InChI=1S/C8H19NO/c1-7(2)9(4)6-5-8(3)10/h7-8,10H,5-6H2,1-4H3/t8-/m1/s1. The van der Waals surface area contributed by atoms with Crippen molar-refractivity contribution in [2.75, 3.05) is 13.6 Å². The Kier molecular flexibility index (Phi) is 4.65. The van der Waals surface area contributed by atoms with Crippen molar-refractivity contribution in [3.8, 4) is 0 Å². The van der Waals surface area contributed by atoms with Crippen LogP contribution in [-0.4, -0.2) is 35.7 Å². The Morgan fingerprint density at radius 2 is 1.80 bits per heavy atom. The second-order valence-corrected chi connectivity index (χ2v) is 3.21. The molecule has 0 unspecified atom stereocenters. The van der Waals surface area contributed by atoms with E-state index in [-0.39, 0.29) is 6.10 Å². The van der Waals surface area contributed by atoms with Gasteiger partial charge in [-0.1, -0.05) is 0 Å². The van der Waals surface area contributed by atoms with Crippen molar-refractivity contribution in [2.24, 2.45) is 0 Å². The third kappa shape index (κ3) is 4.77. The molecule has 0 spiro atoms. The van der Waals surface area contributed by atoms with E-state index in [2.05, 4.69) is 25.8 Å². The minimum Gasteiger partial charge on any atom is -0.393 e. The monoisotopic (exact) mass is 145 g/mol. The molecule has 0 radical (unpaired) electrons. The first-order chi connectivity index (χ1) is 4.54. The Bertz CT molecular complexity index is 81.3. The summed E-state index contributed by atoms with van der Waals surface area (Å²) in [6.45, 7) is 7.12. The smallest absolute Gasteiger partial charge is 0.0524 e. The van der Waals surface area contributed by atoms with E-state index in [0.717, 1.165) is 13.0 Å². The predicted octanol–water partition coefficient (Wildman–Crippen LogP) is 1.10. The Balaban J connectivity index is 3.30. The number of aliphatic hydroxyl groups is 1. The van der Waals surface area contributed by atoms with Crippen LogP contribution in [0.5, 0.6) is 0 Å². The SMILES string of the molecule is CC(C)N(C)CC[C@@H](C)O. The fourth-order valence-corrected chi connectivity index (χ4v) is 0.649. The Hall–Kier alpha value is -0.0800. The molecule has 0 rings (SSSR count). The Morgan fingerprint density at radius 3 is 2.10 bits per heavy atom. The largest absolute Gasteiger partial charge is 0.393 e. The van der Waals surface area contributed by atoms with Crippen LogP contribution in [0.4, 0.5) is 0 Å². The third-order valence-electron chi connectivity index (χ3n) is 1.78. The van der Waals surface area contributed by atoms with Gasteiger partial charge in [0.2, 0.25) is 0 Å². The van der Waals surface area contributed by atoms with Gasteiger partial charge in [0, 0.05) is 12.6 Å². The summed E-state index contributed by atoms with van der Waals surface area (Å²) < 4.78 is 0. The highest BCUT2D eigenvalue weighted by atomic mass is 16.3. The fraction of sp³-hybridized carbons (Fsp3) is 1.00. The van der Waals surface area contributed by atoms with E-state index >= 15 is 0 Å². The molecule has 0 fully saturated rings. The van der Waals surface area contributed by atoms with E-state index in [1.807, 2.05) is 6.92 Å². The molecule has 0 saturated carbocycles. The lowest BCUT2D eigenvalue weighted by atomic mass is 10.2. The van der Waals surface area contributed by atoms with Crippen LogP contribution >= 0.6 is 0 Å². The summed E-state index contributed by atoms with van der Waals surface area (Å²) in [5.74, 6) is 0. The van der Waals surface area contributed by atoms with Crippen LogP contribution in [0.2, 0.25) is 0 Å². The van der Waals surface area contributed by atoms with Crippen LogP contribution < -0.4 is 0 Å². The maximum Gasteiger partial charge on any atom is 0.0524 e. The van der Waals surface area contributed by atoms with Gasteiger partial charge in [0.05, 0.1) is 6.10 Å². The molecule has 0 amide bonds. The van der Waals surface area contributed by atoms with Crippen LogP contribution in [0, 0.1) is 0 Å². The van der Waals surface area contributed by atoms with Crippen LogP contribution in [0.3, 0.4) is 0 Å². The summed E-state index contributed by atoms with van der Waals surface area (Å²) in [6.07, 6.45) is 0.704. The van der Waals surface area contributed by atoms with Crippen LogP contribution in [0.1, 0.15) is 27.2 Å². The van der Waals surface area contributed by atoms with Crippen molar-refractivity contribution < 1.29 is 5.11 Å². The van der Waals surface area contributed by atoms with E-state index in [0.29, 0.717) is 6.04 Å². The molecule has 62 valence electrons. The second kappa shape index (κ2) is 4.69. The lowest BCUT2D eigenvalue weighted by molar-refractivity contribution is 0.155. The normalized spacial score (nSPS) is 14.7. The minimum absolute atomic E-state index is 0.166. The minimum atomic E-state index is -0.166. The fourth-order valence-electron chi connectivity index (χ4n) is 0.649. The maximum absolute atomic E-state index is 8.96. The predicted molar refractivity (Wildman–Crippen MR) is 44.1 cm³/mol. The van der Waals surface area contributed by atoms with Gasteiger partial charge in [0.15, 0.2) is 0 Å². The van der Waals surface area contributed by atoms with E-state index in [9.17, 15) is 0 Å². The molecule has 1 atom stereocenters. The highest BCUT2D eigenvalue weighted by molar-refractivity contribution is 4.58. The van der Waals surface area contributed by atoms with Crippen molar-refractivity contribution >= 4 is 0 Å². The van der Waals surface area contributed by atoms with Crippen LogP contribution in [0.25, 0.3) is 0 Å². The molecule has 0 aliphatic rings. The zero-order valence-corrected chi connectivity index (χ0v) is 7.46. The third-order valence-corrected chi connectivity index (χ3v) is 1.78. The van der Waals surface area contributed by atoms with Gasteiger partial charge >= 0.3 is 0 Å². The van der Waals surface area contributed by atoms with Crippen molar-refractivity contribution in [3.63, 3.8) is 0 Å². The number of hydrogen-bond donors (Lipinski definition) is 1. The van der Waals surface area contributed by atoms with E-state index in [1.54, 1.807) is 0 Å². The molecular weight excluding hydrogens is 126 g/mol. The van der Waals surface area contributed by atoms with Gasteiger partial charge in [0.1, 0.15) is 0 Å². The summed E-state index contributed by atoms with van der Waals surface area (Å²) in [5.41, 5.74) is 0. The maximum atomic E-state index is 8.96. The van der Waals surface area contributed by atoms with Crippen LogP contribution in [-0.2, 0) is 0 Å². The second-order valence-electron chi connectivity index (χ2n) is 3.21. The molecule has 0 aliphatic heterocycles. The van der Waals surface area contributed by atoms with E-state index in [1.165, 1.54) is 0 Å². The number of rotatable bonds is 4. The van der Waals surface area contributed by atoms with Crippen LogP contribution in [0.15, 0.2) is 0 Å². The molecule has 0 aliphatic carbocycles. The van der Waals surface area contributed by atoms with Gasteiger partial charge in [-0.15, -0.1) is 0 Å². The first-order valence-corrected chi connectivity index (χ1v) is 3.92. The zero-order chi connectivity index (χ0) is 8.15. The summed E-state index contributed by atoms with van der Waals surface area (Å²) in [4.78, 5) is 2.23. The molecular formula is C8H19NO. The molecule has 0 aromatic heterocycles. The first-order valence-electron chi connectivity index (χ1n) is 3.92. The summed E-state index contributed by atoms with van der Waals surface area (Å²) in [6, 6.07) is 0.582. The molecule has 2 heteroatoms. The van der Waals surface area contributed by atoms with Gasteiger partial charge in [-0.05, 0) is 34.2 Å². The lowest BCUT2D eigenvalue weighted by Gasteiger charge is -2.21. The van der Waals surface area contributed by atoms with Crippen molar-refractivity contribution in [1.29, 1.82) is 0 Å². The number of nitrogens with zero attached hydrogens (tertiary/aromatic N) is 1. The molecule has 0 heterocycles. The van der Waals surface area contributed by atoms with Gasteiger partial charge in [-0.3, -0.25) is 0 Å². The van der Waals surface area contributed by atoms with E-state index in [4.69, 9.17) is 5.11 Å². The average Bonchev–Trinajstić information content (AvgIpc) is 1.82. The highest BCUT2D eigenvalue weighted by Gasteiger charge is 2.03. The highest BCUT2D eigenvalue weighted by Crippen LogP contribution is 1.97. The number of aliphatic hydroxyl groups excluding tert-OH is 1. The Labute approximate surface area is 63.8 Å². The molecule has 0 bridgehead atoms. The molecule has 2 nitrogen and oxygen atoms in total. The van der Waals surface area contributed by atoms with E-state index < -0.39 is 0 Å². The average molecular weight is 145 g/mol. The quantitative estimate of drug-likeness (QED) is 0.640. The lowest BCUT2D eigenvalue weighted by Crippen LogP contribution is -2.28. The van der Waals surface area contributed by atoms with Gasteiger partial charge < -0.3 is 10.0 Å². The van der Waals surface area contributed by atoms with Gasteiger partial charge in [0.25, 0.3) is 0 Å². The van der Waals surface area contributed by atoms with Crippen molar-refractivity contribution in [2.45, 2.75) is 39.3 Å². The molecule has 0 aromatic rings. The molecule has 0 aromatic carbocycles. The van der Waals surface area contributed by atoms with Gasteiger partial charge in [-0.25, -0.2) is 0 Å². The van der Waals surface area contributed by atoms with Gasteiger partial charge in [-0.2, -0.15) is 0 Å². The topological polar surface area (TPSA) is 23.5 Å². The molecule has 10 heavy (non-hydrogen) atoms. The Morgan fingerprint density at radius 1 is 1.30 bits per heavy atom. The first kappa shape index (κ1) is 9.92. The van der Waals surface area contributed by atoms with Crippen molar-refractivity contribution in [1.82, 2.24) is 4.90 Å². The van der Waals surface area contributed by atoms with Crippen molar-refractivity contribution in [3.05, 3.63) is 0 Å². The summed E-state index contributed by atoms with van der Waals surface area (Å²) >= 11 is 0. The number of hydrogen-bond acceptors (Lipinski definition) is 2. The zero-order valence-electron chi connectivity index (χ0n) is 7.46. The summed E-state index contributed by atoms with van der Waals surface area (Å²) in [5, 5.41) is 8.96.